The van der Waals surface area contributed by atoms with Crippen LogP contribution in [0.25, 0.3) is 11.3 Å². The van der Waals surface area contributed by atoms with Crippen LogP contribution in [-0.4, -0.2) is 26.1 Å². The van der Waals surface area contributed by atoms with Crippen molar-refractivity contribution in [3.8, 4) is 22.8 Å². The lowest BCUT2D eigenvalue weighted by Gasteiger charge is -2.26. The SMILES string of the molecule is Cc1cc(O)c(-c2n[nH]c3c2C(c2cccc(OCc4ccccc4)c2)N(Cc2ccco2)C3=O)cc1Cl. The van der Waals surface area contributed by atoms with E-state index >= 15 is 0 Å². The van der Waals surface area contributed by atoms with Crippen molar-refractivity contribution in [2.24, 2.45) is 0 Å². The summed E-state index contributed by atoms with van der Waals surface area (Å²) in [6, 6.07) is 24.0. The number of fused-ring (bicyclic) bond motifs is 1. The second-order valence-electron chi connectivity index (χ2n) is 9.24. The topological polar surface area (TPSA) is 91.6 Å². The smallest absolute Gasteiger partial charge is 0.273 e. The van der Waals surface area contributed by atoms with Gasteiger partial charge in [0, 0.05) is 16.1 Å². The molecule has 2 aromatic heterocycles. The number of carbonyl (C=O) groups is 1. The van der Waals surface area contributed by atoms with E-state index < -0.39 is 6.04 Å². The van der Waals surface area contributed by atoms with Crippen LogP contribution in [0.2, 0.25) is 5.02 Å². The molecule has 3 aromatic carbocycles. The Bertz CT molecular complexity index is 1610. The number of hydrogen-bond acceptors (Lipinski definition) is 5. The van der Waals surface area contributed by atoms with Gasteiger partial charge in [-0.05, 0) is 60.0 Å². The summed E-state index contributed by atoms with van der Waals surface area (Å²) in [7, 11) is 0. The number of phenols is 1. The third kappa shape index (κ3) is 4.31. The highest BCUT2D eigenvalue weighted by molar-refractivity contribution is 6.31. The number of aryl methyl sites for hydroxylation is 1. The molecule has 1 atom stereocenters. The lowest BCUT2D eigenvalue weighted by atomic mass is 9.95. The minimum Gasteiger partial charge on any atom is -0.507 e. The van der Waals surface area contributed by atoms with E-state index in [0.29, 0.717) is 45.7 Å². The van der Waals surface area contributed by atoms with E-state index in [4.69, 9.17) is 20.8 Å². The van der Waals surface area contributed by atoms with Crippen LogP contribution in [0.1, 0.15) is 44.5 Å². The van der Waals surface area contributed by atoms with Crippen molar-refractivity contribution >= 4 is 17.5 Å². The molecule has 2 N–H and O–H groups in total. The first-order valence-corrected chi connectivity index (χ1v) is 12.5. The second kappa shape index (κ2) is 9.76. The Morgan fingerprint density at radius 1 is 1.08 bits per heavy atom. The van der Waals surface area contributed by atoms with Gasteiger partial charge in [0.1, 0.15) is 35.3 Å². The molecule has 1 amide bonds. The molecule has 190 valence electrons. The average molecular weight is 526 g/mol. The number of nitrogens with zero attached hydrogens (tertiary/aromatic N) is 2. The molecule has 1 aliphatic rings. The van der Waals surface area contributed by atoms with Gasteiger partial charge >= 0.3 is 0 Å². The Balaban J connectivity index is 1.43. The average Bonchev–Trinajstić information content (AvgIpc) is 3.65. The van der Waals surface area contributed by atoms with E-state index in [9.17, 15) is 9.90 Å². The van der Waals surface area contributed by atoms with Gasteiger partial charge < -0.3 is 19.2 Å². The lowest BCUT2D eigenvalue weighted by Crippen LogP contribution is -2.29. The number of phenolic OH excluding ortho intramolecular Hbond substituents is 1. The van der Waals surface area contributed by atoms with Crippen molar-refractivity contribution in [2.45, 2.75) is 26.1 Å². The number of aromatic nitrogens is 2. The zero-order valence-electron chi connectivity index (χ0n) is 20.5. The molecule has 1 aliphatic heterocycles. The largest absolute Gasteiger partial charge is 0.507 e. The summed E-state index contributed by atoms with van der Waals surface area (Å²) in [6.07, 6.45) is 1.58. The van der Waals surface area contributed by atoms with Gasteiger partial charge in [-0.1, -0.05) is 54.1 Å². The lowest BCUT2D eigenvalue weighted by molar-refractivity contribution is 0.0716. The van der Waals surface area contributed by atoms with Crippen molar-refractivity contribution in [3.63, 3.8) is 0 Å². The van der Waals surface area contributed by atoms with Crippen molar-refractivity contribution in [1.29, 1.82) is 0 Å². The predicted molar refractivity (Wildman–Crippen MR) is 143 cm³/mol. The fourth-order valence-corrected chi connectivity index (χ4v) is 5.02. The van der Waals surface area contributed by atoms with Crippen LogP contribution in [0.5, 0.6) is 11.5 Å². The number of halogens is 1. The number of aromatic amines is 1. The third-order valence-electron chi connectivity index (χ3n) is 6.72. The van der Waals surface area contributed by atoms with E-state index in [-0.39, 0.29) is 18.2 Å². The van der Waals surface area contributed by atoms with Crippen LogP contribution in [0.4, 0.5) is 0 Å². The monoisotopic (exact) mass is 525 g/mol. The number of hydrogen-bond donors (Lipinski definition) is 2. The first-order valence-electron chi connectivity index (χ1n) is 12.2. The summed E-state index contributed by atoms with van der Waals surface area (Å²) >= 11 is 6.41. The van der Waals surface area contributed by atoms with Gasteiger partial charge in [0.05, 0.1) is 18.8 Å². The maximum Gasteiger partial charge on any atom is 0.273 e. The molecule has 5 aromatic rings. The number of furan rings is 1. The molecule has 7 nitrogen and oxygen atoms in total. The predicted octanol–water partition coefficient (Wildman–Crippen LogP) is 6.66. The fourth-order valence-electron chi connectivity index (χ4n) is 4.85. The Hall–Kier alpha value is -4.49. The number of rotatable bonds is 7. The summed E-state index contributed by atoms with van der Waals surface area (Å²) in [4.78, 5) is 15.4. The molecule has 3 heterocycles. The number of benzene rings is 3. The molecule has 0 saturated carbocycles. The molecule has 0 aliphatic carbocycles. The first-order chi connectivity index (χ1) is 18.5. The molecule has 0 fully saturated rings. The molecule has 38 heavy (non-hydrogen) atoms. The summed E-state index contributed by atoms with van der Waals surface area (Å²) in [6.45, 7) is 2.50. The van der Waals surface area contributed by atoms with Gasteiger partial charge in [-0.15, -0.1) is 0 Å². The van der Waals surface area contributed by atoms with Crippen LogP contribution in [-0.2, 0) is 13.2 Å². The Morgan fingerprint density at radius 2 is 1.92 bits per heavy atom. The summed E-state index contributed by atoms with van der Waals surface area (Å²) < 4.78 is 11.7. The number of ether oxygens (including phenoxy) is 1. The minimum atomic E-state index is -0.504. The molecular formula is C30H24ClN3O4. The zero-order valence-corrected chi connectivity index (χ0v) is 21.3. The van der Waals surface area contributed by atoms with Gasteiger partial charge in [0.25, 0.3) is 5.91 Å². The summed E-state index contributed by atoms with van der Waals surface area (Å²) in [5.41, 5.74) is 4.59. The number of aromatic hydroxyl groups is 1. The standard InChI is InChI=1S/C30H24ClN3O4/c1-18-13-25(35)23(15-24(18)31)27-26-28(33-32-27)30(36)34(16-22-11-6-12-37-22)29(26)20-9-5-10-21(14-20)38-17-19-7-3-2-4-8-19/h2-15,29,35H,16-17H2,1H3,(H,32,33). The molecule has 0 bridgehead atoms. The Kier molecular flexibility index (Phi) is 6.13. The summed E-state index contributed by atoms with van der Waals surface area (Å²) in [5, 5.41) is 18.6. The highest BCUT2D eigenvalue weighted by Crippen LogP contribution is 2.46. The maximum atomic E-state index is 13.6. The normalized spacial score (nSPS) is 14.6. The fraction of sp³-hybridized carbons (Fsp3) is 0.133. The van der Waals surface area contributed by atoms with Crippen molar-refractivity contribution in [1.82, 2.24) is 15.1 Å². The van der Waals surface area contributed by atoms with Crippen molar-refractivity contribution in [2.75, 3.05) is 0 Å². The molecular weight excluding hydrogens is 502 g/mol. The van der Waals surface area contributed by atoms with Crippen molar-refractivity contribution in [3.05, 3.63) is 124 Å². The van der Waals surface area contributed by atoms with Crippen LogP contribution < -0.4 is 4.74 Å². The number of carbonyl (C=O) groups excluding carboxylic acids is 1. The Morgan fingerprint density at radius 3 is 2.71 bits per heavy atom. The van der Waals surface area contributed by atoms with E-state index in [1.54, 1.807) is 29.4 Å². The maximum absolute atomic E-state index is 13.6. The first kappa shape index (κ1) is 23.9. The quantitative estimate of drug-likeness (QED) is 0.248. The number of H-pyrrole nitrogens is 1. The number of amides is 1. The highest BCUT2D eigenvalue weighted by atomic mass is 35.5. The van der Waals surface area contributed by atoms with Gasteiger partial charge in [0.15, 0.2) is 0 Å². The van der Waals surface area contributed by atoms with E-state index in [2.05, 4.69) is 10.2 Å². The molecule has 0 radical (unpaired) electrons. The van der Waals surface area contributed by atoms with Crippen molar-refractivity contribution < 1.29 is 19.1 Å². The second-order valence-corrected chi connectivity index (χ2v) is 9.65. The molecule has 0 saturated heterocycles. The zero-order chi connectivity index (χ0) is 26.2. The number of nitrogens with one attached hydrogen (secondary N) is 1. The van der Waals surface area contributed by atoms with E-state index in [1.165, 1.54) is 0 Å². The molecule has 1 unspecified atom stereocenters. The molecule has 8 heteroatoms. The summed E-state index contributed by atoms with van der Waals surface area (Å²) in [5.74, 6) is 1.16. The van der Waals surface area contributed by atoms with Gasteiger partial charge in [-0.2, -0.15) is 5.10 Å². The third-order valence-corrected chi connectivity index (χ3v) is 7.13. The van der Waals surface area contributed by atoms with Crippen LogP contribution >= 0.6 is 11.6 Å². The highest BCUT2D eigenvalue weighted by Gasteiger charge is 2.43. The van der Waals surface area contributed by atoms with E-state index in [1.807, 2.05) is 67.6 Å². The van der Waals surface area contributed by atoms with Gasteiger partial charge in [-0.3, -0.25) is 9.89 Å². The molecule has 0 spiro atoms. The Labute approximate surface area is 224 Å². The molecule has 6 rings (SSSR count). The van der Waals surface area contributed by atoms with Crippen LogP contribution in [0.15, 0.2) is 89.5 Å². The van der Waals surface area contributed by atoms with Crippen LogP contribution in [0.3, 0.4) is 0 Å². The van der Waals surface area contributed by atoms with Gasteiger partial charge in [-0.25, -0.2) is 0 Å². The van der Waals surface area contributed by atoms with Crippen LogP contribution in [0, 0.1) is 6.92 Å². The van der Waals surface area contributed by atoms with E-state index in [0.717, 1.165) is 16.7 Å². The minimum absolute atomic E-state index is 0.0387. The van der Waals surface area contributed by atoms with Gasteiger partial charge in [0.2, 0.25) is 0 Å².